The molecule has 11 rings (SSSR count). The fourth-order valence-corrected chi connectivity index (χ4v) is 8.85. The molecule has 0 fully saturated rings. The number of hydrogen-bond acceptors (Lipinski definition) is 3. The zero-order valence-corrected chi connectivity index (χ0v) is 27.4. The normalized spacial score (nSPS) is 18.9. The van der Waals surface area contributed by atoms with E-state index in [4.69, 9.17) is 9.47 Å². The number of allylic oxidation sites excluding steroid dienone is 1. The van der Waals surface area contributed by atoms with Crippen LogP contribution in [0, 0.1) is 0 Å². The lowest BCUT2D eigenvalue weighted by molar-refractivity contribution is 0.241. The number of hydrogen-bond donors (Lipinski definition) is 0. The van der Waals surface area contributed by atoms with Gasteiger partial charge in [-0.2, -0.15) is 0 Å². The standard InChI is InChI=1S/C47H31NO2/c1-47-41(25-27-44-46(47)50-43-26-21-30-10-2-3-11-33(30)45(43)49-44)39-16-8-9-17-42(39)48(47)32-22-18-29(19-23-32)31-20-24-38-36-14-5-4-12-34(36)35-13-6-7-15-37(35)40(38)28-31/h2-28,41H,1H3. The van der Waals surface area contributed by atoms with Crippen molar-refractivity contribution >= 4 is 54.5 Å². The Morgan fingerprint density at radius 3 is 1.92 bits per heavy atom. The maximum Gasteiger partial charge on any atom is 0.177 e. The van der Waals surface area contributed by atoms with E-state index in [-0.39, 0.29) is 5.92 Å². The van der Waals surface area contributed by atoms with Crippen molar-refractivity contribution < 1.29 is 9.47 Å². The van der Waals surface area contributed by atoms with E-state index in [0.29, 0.717) is 0 Å². The molecule has 2 unspecified atom stereocenters. The van der Waals surface area contributed by atoms with E-state index in [2.05, 4.69) is 164 Å². The van der Waals surface area contributed by atoms with Crippen molar-refractivity contribution in [1.82, 2.24) is 0 Å². The molecule has 50 heavy (non-hydrogen) atoms. The summed E-state index contributed by atoms with van der Waals surface area (Å²) in [7, 11) is 0. The molecular formula is C47H31NO2. The van der Waals surface area contributed by atoms with E-state index in [1.54, 1.807) is 0 Å². The van der Waals surface area contributed by atoms with Gasteiger partial charge in [0.05, 0.1) is 0 Å². The van der Waals surface area contributed by atoms with Gasteiger partial charge in [-0.3, -0.25) is 0 Å². The zero-order chi connectivity index (χ0) is 33.0. The molecule has 0 amide bonds. The van der Waals surface area contributed by atoms with E-state index in [1.807, 2.05) is 12.1 Å². The first-order chi connectivity index (χ1) is 24.7. The highest BCUT2D eigenvalue weighted by atomic mass is 16.6. The van der Waals surface area contributed by atoms with Crippen molar-refractivity contribution in [3.05, 3.63) is 181 Å². The van der Waals surface area contributed by atoms with Crippen LogP contribution in [0.3, 0.4) is 0 Å². The molecule has 0 bridgehead atoms. The van der Waals surface area contributed by atoms with Crippen molar-refractivity contribution in [3.63, 3.8) is 0 Å². The molecule has 3 nitrogen and oxygen atoms in total. The molecule has 0 aromatic heterocycles. The lowest BCUT2D eigenvalue weighted by Crippen LogP contribution is -2.49. The number of benzene rings is 8. The van der Waals surface area contributed by atoms with Crippen LogP contribution in [0.4, 0.5) is 11.4 Å². The van der Waals surface area contributed by atoms with Crippen LogP contribution in [0.1, 0.15) is 18.4 Å². The Balaban J connectivity index is 1.03. The highest BCUT2D eigenvalue weighted by Gasteiger charge is 2.55. The van der Waals surface area contributed by atoms with Crippen molar-refractivity contribution in [1.29, 1.82) is 0 Å². The molecule has 3 aliphatic rings. The van der Waals surface area contributed by atoms with Crippen LogP contribution in [0.15, 0.2) is 175 Å². The van der Waals surface area contributed by atoms with Gasteiger partial charge in [-0.05, 0) is 97.7 Å². The Morgan fingerprint density at radius 2 is 1.16 bits per heavy atom. The van der Waals surface area contributed by atoms with Crippen LogP contribution < -0.4 is 14.4 Å². The summed E-state index contributed by atoms with van der Waals surface area (Å²) in [5, 5.41) is 9.90. The van der Waals surface area contributed by atoms with Crippen LogP contribution in [-0.4, -0.2) is 5.54 Å². The summed E-state index contributed by atoms with van der Waals surface area (Å²) in [5.74, 6) is 3.21. The first kappa shape index (κ1) is 27.6. The third-order valence-corrected chi connectivity index (χ3v) is 11.2. The van der Waals surface area contributed by atoms with Gasteiger partial charge in [-0.15, -0.1) is 0 Å². The highest BCUT2D eigenvalue weighted by molar-refractivity contribution is 6.25. The number of rotatable bonds is 2. The molecule has 8 aromatic carbocycles. The third-order valence-electron chi connectivity index (χ3n) is 11.2. The van der Waals surface area contributed by atoms with Gasteiger partial charge >= 0.3 is 0 Å². The predicted octanol–water partition coefficient (Wildman–Crippen LogP) is 12.2. The quantitative estimate of drug-likeness (QED) is 0.175. The van der Waals surface area contributed by atoms with Crippen molar-refractivity contribution in [2.75, 3.05) is 4.90 Å². The van der Waals surface area contributed by atoms with Crippen LogP contribution in [0.2, 0.25) is 0 Å². The molecule has 0 N–H and O–H groups in total. The van der Waals surface area contributed by atoms with Crippen LogP contribution in [-0.2, 0) is 0 Å². The van der Waals surface area contributed by atoms with E-state index >= 15 is 0 Å². The Morgan fingerprint density at radius 1 is 0.540 bits per heavy atom. The lowest BCUT2D eigenvalue weighted by atomic mass is 9.78. The first-order valence-corrected chi connectivity index (χ1v) is 17.3. The molecule has 2 aliphatic heterocycles. The minimum absolute atomic E-state index is 0.0892. The SMILES string of the molecule is CC12C3=C(C=CC1c1ccccc1N2c1ccc(-c2ccc4c5ccccc5c5ccccc5c4c2)cc1)Oc1c(ccc2ccccc12)O3. The van der Waals surface area contributed by atoms with E-state index in [9.17, 15) is 0 Å². The third kappa shape index (κ3) is 3.69. The summed E-state index contributed by atoms with van der Waals surface area (Å²) in [6.07, 6.45) is 4.39. The summed E-state index contributed by atoms with van der Waals surface area (Å²) in [4.78, 5) is 2.45. The van der Waals surface area contributed by atoms with E-state index < -0.39 is 5.54 Å². The number of nitrogens with zero attached hydrogens (tertiary/aromatic N) is 1. The van der Waals surface area contributed by atoms with Gasteiger partial charge in [0.15, 0.2) is 23.0 Å². The summed E-state index contributed by atoms with van der Waals surface area (Å²) in [6.45, 7) is 2.29. The molecule has 2 atom stereocenters. The van der Waals surface area contributed by atoms with Gasteiger partial charge in [-0.1, -0.05) is 127 Å². The maximum atomic E-state index is 6.91. The van der Waals surface area contributed by atoms with Gasteiger partial charge in [0.1, 0.15) is 5.54 Å². The van der Waals surface area contributed by atoms with Gasteiger partial charge < -0.3 is 14.4 Å². The van der Waals surface area contributed by atoms with Crippen LogP contribution in [0.5, 0.6) is 11.5 Å². The van der Waals surface area contributed by atoms with E-state index in [1.165, 1.54) is 54.7 Å². The Labute approximate surface area is 289 Å². The molecule has 8 aromatic rings. The molecular weight excluding hydrogens is 611 g/mol. The smallest absolute Gasteiger partial charge is 0.177 e. The fraction of sp³-hybridized carbons (Fsp3) is 0.0638. The first-order valence-electron chi connectivity index (χ1n) is 17.3. The maximum absolute atomic E-state index is 6.91. The second kappa shape index (κ2) is 10.1. The number of ether oxygens (including phenoxy) is 2. The minimum Gasteiger partial charge on any atom is -0.451 e. The van der Waals surface area contributed by atoms with Crippen molar-refractivity contribution in [3.8, 4) is 22.6 Å². The summed E-state index contributed by atoms with van der Waals surface area (Å²) in [6, 6.07) is 54.6. The molecule has 0 spiro atoms. The molecule has 0 saturated heterocycles. The number of para-hydroxylation sites is 1. The lowest BCUT2D eigenvalue weighted by Gasteiger charge is -2.44. The Hall–Kier alpha value is -6.32. The molecule has 236 valence electrons. The number of anilines is 2. The molecule has 2 heterocycles. The minimum atomic E-state index is -0.540. The summed E-state index contributed by atoms with van der Waals surface area (Å²) < 4.78 is 13.6. The molecule has 0 radical (unpaired) electrons. The van der Waals surface area contributed by atoms with E-state index in [0.717, 1.165) is 39.5 Å². The molecule has 1 aliphatic carbocycles. The second-order valence-corrected chi connectivity index (χ2v) is 13.8. The Bertz CT molecular complexity index is 2760. The average Bonchev–Trinajstić information content (AvgIpc) is 3.45. The number of fused-ring (bicyclic) bond motifs is 13. The average molecular weight is 642 g/mol. The fourth-order valence-electron chi connectivity index (χ4n) is 8.85. The highest BCUT2D eigenvalue weighted by Crippen LogP contribution is 2.59. The largest absolute Gasteiger partial charge is 0.451 e. The van der Waals surface area contributed by atoms with Crippen LogP contribution in [0.25, 0.3) is 54.2 Å². The van der Waals surface area contributed by atoms with Gasteiger partial charge in [-0.25, -0.2) is 0 Å². The van der Waals surface area contributed by atoms with Gasteiger partial charge in [0.25, 0.3) is 0 Å². The summed E-state index contributed by atoms with van der Waals surface area (Å²) >= 11 is 0. The molecule has 3 heteroatoms. The van der Waals surface area contributed by atoms with Crippen LogP contribution >= 0.6 is 0 Å². The van der Waals surface area contributed by atoms with Gasteiger partial charge in [0, 0.05) is 22.7 Å². The Kier molecular flexibility index (Phi) is 5.58. The zero-order valence-electron chi connectivity index (χ0n) is 27.4. The van der Waals surface area contributed by atoms with Crippen molar-refractivity contribution in [2.45, 2.75) is 18.4 Å². The molecule has 0 saturated carbocycles. The topological polar surface area (TPSA) is 21.7 Å². The van der Waals surface area contributed by atoms with Crippen molar-refractivity contribution in [2.24, 2.45) is 0 Å². The van der Waals surface area contributed by atoms with Gasteiger partial charge in [0.2, 0.25) is 0 Å². The second-order valence-electron chi connectivity index (χ2n) is 13.8. The predicted molar refractivity (Wildman–Crippen MR) is 205 cm³/mol. The summed E-state index contributed by atoms with van der Waals surface area (Å²) in [5.41, 5.74) is 5.42. The monoisotopic (exact) mass is 641 g/mol.